The van der Waals surface area contributed by atoms with Crippen molar-refractivity contribution in [2.45, 2.75) is 57.9 Å². The Bertz CT molecular complexity index is 439. The lowest BCUT2D eigenvalue weighted by molar-refractivity contribution is -0.385. The lowest BCUT2D eigenvalue weighted by Gasteiger charge is -2.03. The maximum Gasteiger partial charge on any atom is 0.329 e. The summed E-state index contributed by atoms with van der Waals surface area (Å²) in [5.74, 6) is 0.214. The molecule has 1 fully saturated rings. The Kier molecular flexibility index (Phi) is 4.22. The maximum absolute atomic E-state index is 11.2. The van der Waals surface area contributed by atoms with Gasteiger partial charge in [0.2, 0.25) is 5.15 Å². The molecule has 1 heterocycles. The van der Waals surface area contributed by atoms with E-state index in [2.05, 4.69) is 12.0 Å². The van der Waals surface area contributed by atoms with E-state index in [1.165, 1.54) is 0 Å². The Labute approximate surface area is 111 Å². The third-order valence-electron chi connectivity index (χ3n) is 3.54. The minimum absolute atomic E-state index is 0.0275. The van der Waals surface area contributed by atoms with Crippen molar-refractivity contribution in [3.8, 4) is 0 Å². The average molecular weight is 272 g/mol. The number of nitro groups is 1. The Balaban J connectivity index is 2.34. The molecule has 1 aromatic rings. The molecular formula is C12H18ClN3O2. The van der Waals surface area contributed by atoms with E-state index in [0.29, 0.717) is 12.2 Å². The molecule has 0 aliphatic heterocycles. The van der Waals surface area contributed by atoms with Crippen molar-refractivity contribution >= 4 is 17.3 Å². The highest BCUT2D eigenvalue weighted by molar-refractivity contribution is 6.31. The highest BCUT2D eigenvalue weighted by Gasteiger charge is 2.33. The van der Waals surface area contributed by atoms with Gasteiger partial charge in [0.05, 0.1) is 4.92 Å². The quantitative estimate of drug-likeness (QED) is 0.603. The van der Waals surface area contributed by atoms with Gasteiger partial charge in [-0.25, -0.2) is 4.68 Å². The summed E-state index contributed by atoms with van der Waals surface area (Å²) in [6, 6.07) is 0. The van der Waals surface area contributed by atoms with Crippen LogP contribution in [0.1, 0.15) is 57.1 Å². The van der Waals surface area contributed by atoms with E-state index in [-0.39, 0.29) is 21.7 Å². The van der Waals surface area contributed by atoms with Crippen LogP contribution in [0.5, 0.6) is 0 Å². The van der Waals surface area contributed by atoms with E-state index in [4.69, 9.17) is 11.6 Å². The first-order chi connectivity index (χ1) is 8.65. The second-order valence-electron chi connectivity index (χ2n) is 4.84. The number of hydrogen-bond acceptors (Lipinski definition) is 3. The van der Waals surface area contributed by atoms with Crippen LogP contribution in [0.3, 0.4) is 0 Å². The van der Waals surface area contributed by atoms with Crippen LogP contribution in [0.25, 0.3) is 0 Å². The molecule has 100 valence electrons. The van der Waals surface area contributed by atoms with Crippen LogP contribution in [0.4, 0.5) is 5.69 Å². The number of unbranched alkanes of at least 4 members (excludes halogenated alkanes) is 1. The van der Waals surface area contributed by atoms with Gasteiger partial charge in [0.15, 0.2) is 0 Å². The summed E-state index contributed by atoms with van der Waals surface area (Å²) in [5.41, 5.74) is 0.623. The van der Waals surface area contributed by atoms with E-state index in [1.807, 2.05) is 0 Å². The van der Waals surface area contributed by atoms with Gasteiger partial charge < -0.3 is 0 Å². The first-order valence-corrected chi connectivity index (χ1v) is 6.93. The molecule has 1 aliphatic carbocycles. The predicted octanol–water partition coefficient (Wildman–Crippen LogP) is 3.90. The smallest absolute Gasteiger partial charge is 0.258 e. The van der Waals surface area contributed by atoms with Crippen molar-refractivity contribution in [1.82, 2.24) is 9.78 Å². The lowest BCUT2D eigenvalue weighted by Crippen LogP contribution is -2.02. The van der Waals surface area contributed by atoms with Gasteiger partial charge in [0, 0.05) is 12.5 Å². The molecule has 0 atom stereocenters. The molecule has 0 N–H and O–H groups in total. The van der Waals surface area contributed by atoms with E-state index >= 15 is 0 Å². The third-order valence-corrected chi connectivity index (χ3v) is 3.92. The predicted molar refractivity (Wildman–Crippen MR) is 70.0 cm³/mol. The summed E-state index contributed by atoms with van der Waals surface area (Å²) >= 11 is 6.10. The summed E-state index contributed by atoms with van der Waals surface area (Å²) in [6.45, 7) is 2.73. The molecule has 0 bridgehead atoms. The molecule has 1 aromatic heterocycles. The Morgan fingerprint density at radius 2 is 2.17 bits per heavy atom. The zero-order chi connectivity index (χ0) is 13.1. The van der Waals surface area contributed by atoms with Crippen LogP contribution in [0, 0.1) is 10.1 Å². The molecule has 0 spiro atoms. The van der Waals surface area contributed by atoms with Crippen LogP contribution in [0.15, 0.2) is 0 Å². The van der Waals surface area contributed by atoms with Gasteiger partial charge in [0.1, 0.15) is 5.69 Å². The van der Waals surface area contributed by atoms with Gasteiger partial charge in [-0.1, -0.05) is 37.8 Å². The van der Waals surface area contributed by atoms with Gasteiger partial charge in [0.25, 0.3) is 0 Å². The number of halogens is 1. The van der Waals surface area contributed by atoms with Crippen LogP contribution >= 0.6 is 11.6 Å². The molecule has 18 heavy (non-hydrogen) atoms. The summed E-state index contributed by atoms with van der Waals surface area (Å²) < 4.78 is 1.59. The normalized spacial score (nSPS) is 16.3. The molecule has 2 rings (SSSR count). The van der Waals surface area contributed by atoms with Crippen molar-refractivity contribution in [3.63, 3.8) is 0 Å². The molecule has 0 amide bonds. The topological polar surface area (TPSA) is 61.0 Å². The largest absolute Gasteiger partial charge is 0.329 e. The number of hydrogen-bond donors (Lipinski definition) is 0. The van der Waals surface area contributed by atoms with Crippen molar-refractivity contribution < 1.29 is 4.92 Å². The van der Waals surface area contributed by atoms with E-state index < -0.39 is 0 Å². The molecule has 5 nitrogen and oxygen atoms in total. The number of rotatable bonds is 5. The van der Waals surface area contributed by atoms with Crippen molar-refractivity contribution in [2.24, 2.45) is 0 Å². The van der Waals surface area contributed by atoms with Gasteiger partial charge in [-0.2, -0.15) is 5.10 Å². The van der Waals surface area contributed by atoms with Crippen LogP contribution in [0.2, 0.25) is 5.15 Å². The molecule has 0 unspecified atom stereocenters. The first kappa shape index (κ1) is 13.3. The fourth-order valence-corrected chi connectivity index (χ4v) is 2.84. The molecule has 1 aliphatic rings. The molecule has 0 radical (unpaired) electrons. The van der Waals surface area contributed by atoms with Crippen molar-refractivity contribution in [3.05, 3.63) is 21.0 Å². The van der Waals surface area contributed by atoms with Crippen molar-refractivity contribution in [1.29, 1.82) is 0 Å². The Morgan fingerprint density at radius 1 is 1.50 bits per heavy atom. The minimum atomic E-state index is -0.383. The Hall–Kier alpha value is -1.10. The van der Waals surface area contributed by atoms with Gasteiger partial charge >= 0.3 is 5.69 Å². The molecule has 6 heteroatoms. The third kappa shape index (κ3) is 2.51. The van der Waals surface area contributed by atoms with Gasteiger partial charge in [-0.05, 0) is 19.3 Å². The van der Waals surface area contributed by atoms with E-state index in [1.54, 1.807) is 4.68 Å². The highest BCUT2D eigenvalue weighted by atomic mass is 35.5. The van der Waals surface area contributed by atoms with Gasteiger partial charge in [-0.3, -0.25) is 10.1 Å². The molecule has 0 saturated heterocycles. The fraction of sp³-hybridized carbons (Fsp3) is 0.750. The van der Waals surface area contributed by atoms with E-state index in [9.17, 15) is 10.1 Å². The molecule has 0 aromatic carbocycles. The first-order valence-electron chi connectivity index (χ1n) is 6.55. The maximum atomic E-state index is 11.2. The number of nitrogens with zero attached hydrogens (tertiary/aromatic N) is 3. The van der Waals surface area contributed by atoms with Crippen LogP contribution in [-0.4, -0.2) is 14.7 Å². The van der Waals surface area contributed by atoms with Gasteiger partial charge in [-0.15, -0.1) is 0 Å². The summed E-state index contributed by atoms with van der Waals surface area (Å²) in [5, 5.41) is 15.7. The SMILES string of the molecule is CCCCn1nc(C2CCCC2)c([N+](=O)[O-])c1Cl. The summed E-state index contributed by atoms with van der Waals surface area (Å²) in [6.07, 6.45) is 6.18. The minimum Gasteiger partial charge on any atom is -0.258 e. The summed E-state index contributed by atoms with van der Waals surface area (Å²) in [4.78, 5) is 10.8. The molecular weight excluding hydrogens is 254 g/mol. The van der Waals surface area contributed by atoms with E-state index in [0.717, 1.165) is 38.5 Å². The Morgan fingerprint density at radius 3 is 2.72 bits per heavy atom. The highest BCUT2D eigenvalue weighted by Crippen LogP contribution is 2.40. The number of aromatic nitrogens is 2. The monoisotopic (exact) mass is 271 g/mol. The zero-order valence-electron chi connectivity index (χ0n) is 10.6. The van der Waals surface area contributed by atoms with Crippen molar-refractivity contribution in [2.75, 3.05) is 0 Å². The molecule has 1 saturated carbocycles. The van der Waals surface area contributed by atoms with Crippen LogP contribution < -0.4 is 0 Å². The summed E-state index contributed by atoms with van der Waals surface area (Å²) in [7, 11) is 0. The lowest BCUT2D eigenvalue weighted by atomic mass is 10.0. The second kappa shape index (κ2) is 5.69. The standard InChI is InChI=1S/C12H18ClN3O2/c1-2-3-8-15-12(13)11(16(17)18)10(14-15)9-6-4-5-7-9/h9H,2-8H2,1H3. The second-order valence-corrected chi connectivity index (χ2v) is 5.20. The number of aryl methyl sites for hydroxylation is 1. The fourth-order valence-electron chi connectivity index (χ4n) is 2.55. The average Bonchev–Trinajstić information content (AvgIpc) is 2.93. The zero-order valence-corrected chi connectivity index (χ0v) is 11.3. The van der Waals surface area contributed by atoms with Crippen LogP contribution in [-0.2, 0) is 6.54 Å².